The van der Waals surface area contributed by atoms with Gasteiger partial charge in [0.15, 0.2) is 5.54 Å². The average Bonchev–Trinajstić information content (AvgIpc) is 2.73. The molecular weight excluding hydrogens is 429 g/mol. The standard InChI is InChI=1S/C18H19F3N2O.C4H4O4/c1-22-13-16(24)23-17(18(19,20)21,15-10-6-3-7-11-15)12-14-8-4-2-5-9-14;5-3(6)1-2-4(7)8/h2-11,22H,12-13H2,1H3,(H,23,24);1-2H,(H,5,6)(H,7,8). The highest BCUT2D eigenvalue weighted by atomic mass is 19.4. The second-order valence-corrected chi connectivity index (χ2v) is 6.52. The fraction of sp³-hybridized carbons (Fsp3) is 0.227. The molecule has 0 aliphatic heterocycles. The zero-order valence-corrected chi connectivity index (χ0v) is 17.1. The van der Waals surface area contributed by atoms with Gasteiger partial charge in [-0.1, -0.05) is 60.7 Å². The lowest BCUT2D eigenvalue weighted by Crippen LogP contribution is -2.58. The van der Waals surface area contributed by atoms with Gasteiger partial charge in [-0.05, 0) is 18.2 Å². The van der Waals surface area contributed by atoms with Crippen molar-refractivity contribution >= 4 is 17.8 Å². The van der Waals surface area contributed by atoms with E-state index >= 15 is 0 Å². The molecule has 0 radical (unpaired) electrons. The number of carboxylic acids is 2. The van der Waals surface area contributed by atoms with Gasteiger partial charge in [0.25, 0.3) is 0 Å². The van der Waals surface area contributed by atoms with Crippen LogP contribution in [0.1, 0.15) is 11.1 Å². The zero-order chi connectivity index (χ0) is 24.2. The maximum absolute atomic E-state index is 14.1. The molecule has 0 aromatic heterocycles. The predicted octanol–water partition coefficient (Wildman–Crippen LogP) is 2.73. The number of likely N-dealkylation sites (N-methyl/N-ethyl adjacent to an activating group) is 1. The van der Waals surface area contributed by atoms with Crippen LogP contribution in [0.5, 0.6) is 0 Å². The van der Waals surface area contributed by atoms with Gasteiger partial charge in [-0.15, -0.1) is 0 Å². The van der Waals surface area contributed by atoms with E-state index in [1.807, 2.05) is 0 Å². The zero-order valence-electron chi connectivity index (χ0n) is 17.1. The molecule has 0 bridgehead atoms. The summed E-state index contributed by atoms with van der Waals surface area (Å²) in [6, 6.07) is 15.8. The highest BCUT2D eigenvalue weighted by molar-refractivity contribution is 5.89. The van der Waals surface area contributed by atoms with E-state index in [0.717, 1.165) is 0 Å². The molecule has 0 aliphatic carbocycles. The van der Waals surface area contributed by atoms with Gasteiger partial charge in [0.2, 0.25) is 5.91 Å². The molecule has 0 saturated heterocycles. The summed E-state index contributed by atoms with van der Waals surface area (Å²) in [5.74, 6) is -3.23. The van der Waals surface area contributed by atoms with Crippen molar-refractivity contribution in [3.63, 3.8) is 0 Å². The molecule has 1 amide bonds. The minimum atomic E-state index is -4.66. The number of alkyl halides is 3. The molecule has 0 fully saturated rings. The van der Waals surface area contributed by atoms with Crippen LogP contribution in [0.4, 0.5) is 13.2 Å². The summed E-state index contributed by atoms with van der Waals surface area (Å²) in [7, 11) is 1.51. The molecule has 10 heteroatoms. The van der Waals surface area contributed by atoms with Crippen LogP contribution in [0.3, 0.4) is 0 Å². The van der Waals surface area contributed by atoms with E-state index in [-0.39, 0.29) is 18.5 Å². The molecule has 1 atom stereocenters. The minimum absolute atomic E-state index is 0.00538. The first-order valence-corrected chi connectivity index (χ1v) is 9.27. The minimum Gasteiger partial charge on any atom is -0.478 e. The Hall–Kier alpha value is -3.66. The smallest absolute Gasteiger partial charge is 0.416 e. The topological polar surface area (TPSA) is 116 Å². The molecule has 0 aliphatic rings. The van der Waals surface area contributed by atoms with Crippen molar-refractivity contribution in [1.82, 2.24) is 10.6 Å². The normalized spacial score (nSPS) is 12.9. The molecule has 32 heavy (non-hydrogen) atoms. The van der Waals surface area contributed by atoms with Gasteiger partial charge in [-0.3, -0.25) is 4.79 Å². The highest BCUT2D eigenvalue weighted by Crippen LogP contribution is 2.41. The Morgan fingerprint density at radius 3 is 1.75 bits per heavy atom. The maximum atomic E-state index is 14.1. The Labute approximate surface area is 182 Å². The average molecular weight is 452 g/mol. The molecule has 1 unspecified atom stereocenters. The number of carbonyl (C=O) groups excluding carboxylic acids is 1. The molecule has 7 nitrogen and oxygen atoms in total. The first-order valence-electron chi connectivity index (χ1n) is 9.27. The van der Waals surface area contributed by atoms with Gasteiger partial charge >= 0.3 is 18.1 Å². The molecule has 2 aromatic carbocycles. The summed E-state index contributed by atoms with van der Waals surface area (Å²) < 4.78 is 42.3. The monoisotopic (exact) mass is 452 g/mol. The second kappa shape index (κ2) is 12.3. The number of carbonyl (C=O) groups is 3. The molecule has 0 heterocycles. The van der Waals surface area contributed by atoms with Crippen molar-refractivity contribution < 1.29 is 37.8 Å². The SMILES string of the molecule is CNCC(=O)NC(Cc1ccccc1)(c1ccccc1)C(F)(F)F.O=C(O)C=CC(=O)O. The first kappa shape index (κ1) is 26.4. The summed E-state index contributed by atoms with van der Waals surface area (Å²) in [6.07, 6.45) is -3.92. The van der Waals surface area contributed by atoms with Crippen molar-refractivity contribution in [3.05, 3.63) is 83.9 Å². The van der Waals surface area contributed by atoms with Crippen molar-refractivity contribution in [2.75, 3.05) is 13.6 Å². The second-order valence-electron chi connectivity index (χ2n) is 6.52. The molecule has 0 saturated carbocycles. The molecule has 172 valence electrons. The lowest BCUT2D eigenvalue weighted by Gasteiger charge is -2.37. The largest absolute Gasteiger partial charge is 0.478 e. The van der Waals surface area contributed by atoms with Crippen LogP contribution in [0, 0.1) is 0 Å². The van der Waals surface area contributed by atoms with E-state index in [1.165, 1.54) is 31.3 Å². The van der Waals surface area contributed by atoms with Crippen molar-refractivity contribution in [2.24, 2.45) is 0 Å². The number of hydrogen-bond donors (Lipinski definition) is 4. The van der Waals surface area contributed by atoms with Crippen LogP contribution >= 0.6 is 0 Å². The van der Waals surface area contributed by atoms with Crippen LogP contribution in [-0.4, -0.2) is 47.8 Å². The van der Waals surface area contributed by atoms with Gasteiger partial charge in [-0.2, -0.15) is 13.2 Å². The molecule has 2 rings (SSSR count). The van der Waals surface area contributed by atoms with Gasteiger partial charge in [0.1, 0.15) is 0 Å². The number of nitrogens with one attached hydrogen (secondary N) is 2. The lowest BCUT2D eigenvalue weighted by atomic mass is 9.82. The number of aliphatic carboxylic acids is 2. The van der Waals surface area contributed by atoms with Crippen LogP contribution in [0.2, 0.25) is 0 Å². The number of rotatable bonds is 8. The van der Waals surface area contributed by atoms with Gasteiger partial charge < -0.3 is 20.8 Å². The van der Waals surface area contributed by atoms with Crippen molar-refractivity contribution in [3.8, 4) is 0 Å². The van der Waals surface area contributed by atoms with Crippen molar-refractivity contribution in [2.45, 2.75) is 18.1 Å². The third kappa shape index (κ3) is 8.23. The van der Waals surface area contributed by atoms with E-state index in [2.05, 4.69) is 10.6 Å². The number of benzene rings is 2. The summed E-state index contributed by atoms with van der Waals surface area (Å²) in [4.78, 5) is 31.1. The Bertz CT molecular complexity index is 902. The predicted molar refractivity (Wildman–Crippen MR) is 111 cm³/mol. The number of halogens is 3. The quantitative estimate of drug-likeness (QED) is 0.458. The molecule has 0 spiro atoms. The Kier molecular flexibility index (Phi) is 10.1. The fourth-order valence-electron chi connectivity index (χ4n) is 2.76. The van der Waals surface area contributed by atoms with Crippen LogP contribution in [0.15, 0.2) is 72.8 Å². The molecule has 2 aromatic rings. The number of hydrogen-bond acceptors (Lipinski definition) is 4. The summed E-state index contributed by atoms with van der Waals surface area (Å²) >= 11 is 0. The van der Waals surface area contributed by atoms with E-state index < -0.39 is 29.6 Å². The molecular formula is C22H23F3N2O5. The van der Waals surface area contributed by atoms with E-state index in [1.54, 1.807) is 36.4 Å². The number of amides is 1. The van der Waals surface area contributed by atoms with Crippen LogP contribution < -0.4 is 10.6 Å². The van der Waals surface area contributed by atoms with E-state index in [4.69, 9.17) is 10.2 Å². The van der Waals surface area contributed by atoms with E-state index in [0.29, 0.717) is 17.7 Å². The van der Waals surface area contributed by atoms with Crippen molar-refractivity contribution in [1.29, 1.82) is 0 Å². The third-order valence-electron chi connectivity index (χ3n) is 4.12. The van der Waals surface area contributed by atoms with Gasteiger partial charge in [0, 0.05) is 18.6 Å². The lowest BCUT2D eigenvalue weighted by molar-refractivity contribution is -0.202. The van der Waals surface area contributed by atoms with Gasteiger partial charge in [0.05, 0.1) is 6.54 Å². The van der Waals surface area contributed by atoms with E-state index in [9.17, 15) is 27.6 Å². The highest BCUT2D eigenvalue weighted by Gasteiger charge is 2.56. The maximum Gasteiger partial charge on any atom is 0.416 e. The summed E-state index contributed by atoms with van der Waals surface area (Å²) in [5, 5.41) is 20.4. The van der Waals surface area contributed by atoms with Gasteiger partial charge in [-0.25, -0.2) is 9.59 Å². The Morgan fingerprint density at radius 1 is 0.875 bits per heavy atom. The third-order valence-corrected chi connectivity index (χ3v) is 4.12. The van der Waals surface area contributed by atoms with Crippen LogP contribution in [-0.2, 0) is 26.3 Å². The first-order chi connectivity index (χ1) is 15.0. The molecule has 4 N–H and O–H groups in total. The number of carboxylic acid groups (broad SMARTS) is 2. The van der Waals surface area contributed by atoms with Crippen LogP contribution in [0.25, 0.3) is 0 Å². The summed E-state index contributed by atoms with van der Waals surface area (Å²) in [5.41, 5.74) is -1.99. The Morgan fingerprint density at radius 2 is 1.34 bits per heavy atom. The fourth-order valence-corrected chi connectivity index (χ4v) is 2.76. The Balaban J connectivity index is 0.000000547. The summed E-state index contributed by atoms with van der Waals surface area (Å²) in [6.45, 7) is -0.195.